The largest absolute Gasteiger partial charge is 0.324 e. The average molecular weight is 224 g/mol. The van der Waals surface area contributed by atoms with Gasteiger partial charge < -0.3 is 4.90 Å². The maximum atomic E-state index is 12.1. The Hall–Kier alpha value is -1.39. The van der Waals surface area contributed by atoms with Gasteiger partial charge >= 0.3 is 0 Å². The summed E-state index contributed by atoms with van der Waals surface area (Å²) in [6.07, 6.45) is 3.00. The van der Waals surface area contributed by atoms with Crippen molar-refractivity contribution in [2.45, 2.75) is 26.2 Å². The van der Waals surface area contributed by atoms with E-state index < -0.39 is 0 Å². The lowest BCUT2D eigenvalue weighted by molar-refractivity contribution is -0.148. The number of hydrogen-bond acceptors (Lipinski definition) is 3. The van der Waals surface area contributed by atoms with Crippen LogP contribution in [-0.2, 0) is 14.4 Å². The van der Waals surface area contributed by atoms with Gasteiger partial charge in [0.2, 0.25) is 17.7 Å². The number of nitrogens with one attached hydrogen (secondary N) is 1. The molecule has 0 spiro atoms. The van der Waals surface area contributed by atoms with Crippen LogP contribution in [0.4, 0.5) is 0 Å². The number of rotatable bonds is 1. The molecule has 1 heterocycles. The second-order valence-corrected chi connectivity index (χ2v) is 4.68. The number of imide groups is 1. The van der Waals surface area contributed by atoms with E-state index in [9.17, 15) is 14.4 Å². The predicted octanol–water partition coefficient (Wildman–Crippen LogP) is -0.0924. The lowest BCUT2D eigenvalue weighted by Gasteiger charge is -2.29. The Labute approximate surface area is 94.2 Å². The van der Waals surface area contributed by atoms with Crippen LogP contribution in [0.3, 0.4) is 0 Å². The van der Waals surface area contributed by atoms with Gasteiger partial charge in [-0.2, -0.15) is 0 Å². The van der Waals surface area contributed by atoms with Crippen LogP contribution in [0, 0.1) is 11.8 Å². The van der Waals surface area contributed by atoms with E-state index in [4.69, 9.17) is 0 Å². The second-order valence-electron chi connectivity index (χ2n) is 4.68. The van der Waals surface area contributed by atoms with Crippen LogP contribution in [0.2, 0.25) is 0 Å². The average Bonchev–Trinajstić information content (AvgIpc) is 2.62. The summed E-state index contributed by atoms with van der Waals surface area (Å²) in [6, 6.07) is 0. The van der Waals surface area contributed by atoms with Crippen LogP contribution in [-0.4, -0.2) is 35.7 Å². The van der Waals surface area contributed by atoms with Crippen molar-refractivity contribution in [1.29, 1.82) is 0 Å². The normalized spacial score (nSPS) is 30.4. The molecule has 1 N–H and O–H groups in total. The molecule has 2 fully saturated rings. The zero-order valence-corrected chi connectivity index (χ0v) is 9.36. The van der Waals surface area contributed by atoms with Gasteiger partial charge in [-0.15, -0.1) is 0 Å². The molecule has 1 saturated carbocycles. The molecule has 1 aliphatic heterocycles. The first kappa shape index (κ1) is 11.1. The molecule has 2 rings (SSSR count). The first-order valence-electron chi connectivity index (χ1n) is 5.69. The summed E-state index contributed by atoms with van der Waals surface area (Å²) in [5, 5.41) is 2.19. The van der Waals surface area contributed by atoms with Crippen molar-refractivity contribution in [3.8, 4) is 0 Å². The van der Waals surface area contributed by atoms with E-state index in [2.05, 4.69) is 12.2 Å². The van der Waals surface area contributed by atoms with Gasteiger partial charge in [-0.25, -0.2) is 0 Å². The van der Waals surface area contributed by atoms with Crippen molar-refractivity contribution in [1.82, 2.24) is 10.2 Å². The van der Waals surface area contributed by atoms with E-state index in [1.54, 1.807) is 0 Å². The molecule has 0 bridgehead atoms. The van der Waals surface area contributed by atoms with Gasteiger partial charge in [-0.1, -0.05) is 13.3 Å². The topological polar surface area (TPSA) is 66.5 Å². The van der Waals surface area contributed by atoms with Gasteiger partial charge in [0.1, 0.15) is 13.1 Å². The Morgan fingerprint density at radius 2 is 1.88 bits per heavy atom. The molecule has 2 atom stereocenters. The number of carbonyl (C=O) groups excluding carboxylic acids is 3. The molecular formula is C11H16N2O3. The number of carbonyl (C=O) groups is 3. The lowest BCUT2D eigenvalue weighted by Crippen LogP contribution is -2.54. The van der Waals surface area contributed by atoms with Crippen LogP contribution < -0.4 is 5.32 Å². The molecule has 1 aliphatic carbocycles. The van der Waals surface area contributed by atoms with E-state index in [1.165, 1.54) is 4.90 Å². The fourth-order valence-corrected chi connectivity index (χ4v) is 2.54. The van der Waals surface area contributed by atoms with Crippen LogP contribution in [0.1, 0.15) is 26.2 Å². The molecule has 1 saturated heterocycles. The van der Waals surface area contributed by atoms with E-state index in [0.717, 1.165) is 19.3 Å². The molecule has 88 valence electrons. The Morgan fingerprint density at radius 3 is 2.38 bits per heavy atom. The highest BCUT2D eigenvalue weighted by molar-refractivity contribution is 6.02. The molecule has 0 aromatic rings. The maximum Gasteiger partial charge on any atom is 0.246 e. The Balaban J connectivity index is 2.03. The fourth-order valence-electron chi connectivity index (χ4n) is 2.54. The Kier molecular flexibility index (Phi) is 2.94. The summed E-state index contributed by atoms with van der Waals surface area (Å²) in [7, 11) is 0. The second kappa shape index (κ2) is 4.23. The van der Waals surface area contributed by atoms with E-state index >= 15 is 0 Å². The monoisotopic (exact) mass is 224 g/mol. The van der Waals surface area contributed by atoms with Crippen molar-refractivity contribution >= 4 is 17.7 Å². The first-order valence-corrected chi connectivity index (χ1v) is 5.69. The quantitative estimate of drug-likeness (QED) is 0.633. The summed E-state index contributed by atoms with van der Waals surface area (Å²) in [5.41, 5.74) is 0. The third-order valence-corrected chi connectivity index (χ3v) is 3.44. The molecule has 2 unspecified atom stereocenters. The minimum absolute atomic E-state index is 0.00120. The van der Waals surface area contributed by atoms with E-state index in [0.29, 0.717) is 5.92 Å². The SMILES string of the molecule is CC1CCCC1C(=O)N1CC(=O)NC(=O)C1. The number of hydrogen-bond donors (Lipinski definition) is 1. The highest BCUT2D eigenvalue weighted by Gasteiger charge is 2.35. The molecule has 16 heavy (non-hydrogen) atoms. The summed E-state index contributed by atoms with van der Waals surface area (Å²) in [6.45, 7) is 2.10. The molecule has 0 radical (unpaired) electrons. The summed E-state index contributed by atoms with van der Waals surface area (Å²) in [4.78, 5) is 35.8. The molecule has 5 nitrogen and oxygen atoms in total. The summed E-state index contributed by atoms with van der Waals surface area (Å²) >= 11 is 0. The van der Waals surface area contributed by atoms with Gasteiger partial charge in [0.05, 0.1) is 0 Å². The van der Waals surface area contributed by atoms with Crippen LogP contribution >= 0.6 is 0 Å². The van der Waals surface area contributed by atoms with Gasteiger partial charge in [0, 0.05) is 5.92 Å². The van der Waals surface area contributed by atoms with E-state index in [-0.39, 0.29) is 36.7 Å². The Bertz CT molecular complexity index is 324. The molecular weight excluding hydrogens is 208 g/mol. The van der Waals surface area contributed by atoms with Gasteiger partial charge in [0.15, 0.2) is 0 Å². The highest BCUT2D eigenvalue weighted by Crippen LogP contribution is 2.32. The number of piperazine rings is 1. The summed E-state index contributed by atoms with van der Waals surface area (Å²) < 4.78 is 0. The maximum absolute atomic E-state index is 12.1. The molecule has 2 aliphatic rings. The molecule has 5 heteroatoms. The Morgan fingerprint density at radius 1 is 1.25 bits per heavy atom. The molecule has 0 aromatic carbocycles. The minimum atomic E-state index is -0.379. The van der Waals surface area contributed by atoms with Crippen molar-refractivity contribution in [2.75, 3.05) is 13.1 Å². The van der Waals surface area contributed by atoms with Gasteiger partial charge in [-0.3, -0.25) is 19.7 Å². The summed E-state index contributed by atoms with van der Waals surface area (Å²) in [5.74, 6) is -0.426. The molecule has 0 aromatic heterocycles. The van der Waals surface area contributed by atoms with Gasteiger partial charge in [0.25, 0.3) is 0 Å². The third kappa shape index (κ3) is 2.08. The first-order chi connectivity index (χ1) is 7.58. The van der Waals surface area contributed by atoms with E-state index in [1.807, 2.05) is 0 Å². The van der Waals surface area contributed by atoms with Crippen LogP contribution in [0.15, 0.2) is 0 Å². The fraction of sp³-hybridized carbons (Fsp3) is 0.727. The lowest BCUT2D eigenvalue weighted by atomic mass is 9.96. The smallest absolute Gasteiger partial charge is 0.246 e. The van der Waals surface area contributed by atoms with Crippen LogP contribution in [0.25, 0.3) is 0 Å². The third-order valence-electron chi connectivity index (χ3n) is 3.44. The van der Waals surface area contributed by atoms with Crippen molar-refractivity contribution in [3.05, 3.63) is 0 Å². The van der Waals surface area contributed by atoms with Crippen molar-refractivity contribution < 1.29 is 14.4 Å². The zero-order valence-electron chi connectivity index (χ0n) is 9.36. The standard InChI is InChI=1S/C11H16N2O3/c1-7-3-2-4-8(7)11(16)13-5-9(14)12-10(15)6-13/h7-8H,2-6H2,1H3,(H,12,14,15). The predicted molar refractivity (Wildman–Crippen MR) is 56.2 cm³/mol. The number of amides is 3. The van der Waals surface area contributed by atoms with Crippen molar-refractivity contribution in [2.24, 2.45) is 11.8 Å². The number of nitrogens with zero attached hydrogens (tertiary/aromatic N) is 1. The minimum Gasteiger partial charge on any atom is -0.324 e. The van der Waals surface area contributed by atoms with Crippen LogP contribution in [0.5, 0.6) is 0 Å². The molecule has 3 amide bonds. The highest BCUT2D eigenvalue weighted by atomic mass is 16.2. The zero-order chi connectivity index (χ0) is 11.7. The van der Waals surface area contributed by atoms with Crippen molar-refractivity contribution in [3.63, 3.8) is 0 Å². The van der Waals surface area contributed by atoms with Gasteiger partial charge in [-0.05, 0) is 18.8 Å².